The van der Waals surface area contributed by atoms with Gasteiger partial charge in [-0.25, -0.2) is 4.39 Å². The average molecular weight is 403 g/mol. The third-order valence-corrected chi connectivity index (χ3v) is 5.34. The van der Waals surface area contributed by atoms with Crippen LogP contribution < -0.4 is 0 Å². The molecule has 152 valence electrons. The minimum Gasteiger partial charge on any atom is -0.396 e. The van der Waals surface area contributed by atoms with Crippen molar-refractivity contribution in [3.63, 3.8) is 0 Å². The van der Waals surface area contributed by atoms with E-state index in [9.17, 15) is 9.90 Å². The standard InChI is InChI=1S/C24H22FN3O2/c1-15-9-17(7-8-26-15)24-21-13-27-22(23(25)20(21)12-28-24)11-19(30)10-18(14-29)16-5-3-2-4-6-16/h2-9,13,18,29H,10-12,14H2,1H3/t18-/m1/s1. The number of fused-ring (bicyclic) bond motifs is 1. The van der Waals surface area contributed by atoms with Gasteiger partial charge in [0, 0.05) is 47.1 Å². The Morgan fingerprint density at radius 3 is 2.73 bits per heavy atom. The zero-order valence-electron chi connectivity index (χ0n) is 16.7. The summed E-state index contributed by atoms with van der Waals surface area (Å²) in [5, 5.41) is 9.67. The van der Waals surface area contributed by atoms with Crippen LogP contribution in [-0.2, 0) is 17.8 Å². The number of carbonyl (C=O) groups excluding carboxylic acids is 1. The smallest absolute Gasteiger partial charge is 0.150 e. The second-order valence-corrected chi connectivity index (χ2v) is 7.47. The lowest BCUT2D eigenvalue weighted by atomic mass is 9.93. The molecular formula is C24H22FN3O2. The van der Waals surface area contributed by atoms with E-state index in [0.29, 0.717) is 16.8 Å². The zero-order valence-corrected chi connectivity index (χ0v) is 16.7. The van der Waals surface area contributed by atoms with Gasteiger partial charge in [-0.2, -0.15) is 0 Å². The van der Waals surface area contributed by atoms with Gasteiger partial charge in [-0.1, -0.05) is 30.3 Å². The topological polar surface area (TPSA) is 75.4 Å². The Balaban J connectivity index is 1.51. The molecule has 3 aromatic rings. The quantitative estimate of drug-likeness (QED) is 0.655. The summed E-state index contributed by atoms with van der Waals surface area (Å²) in [6.45, 7) is 1.98. The highest BCUT2D eigenvalue weighted by atomic mass is 19.1. The van der Waals surface area contributed by atoms with Crippen molar-refractivity contribution >= 4 is 11.5 Å². The first-order valence-corrected chi connectivity index (χ1v) is 9.88. The van der Waals surface area contributed by atoms with Gasteiger partial charge < -0.3 is 5.11 Å². The van der Waals surface area contributed by atoms with Gasteiger partial charge in [0.15, 0.2) is 5.82 Å². The molecule has 0 fully saturated rings. The number of halogens is 1. The van der Waals surface area contributed by atoms with Crippen LogP contribution in [0.1, 0.15) is 46.0 Å². The highest BCUT2D eigenvalue weighted by Gasteiger charge is 2.25. The number of aliphatic hydroxyl groups is 1. The normalized spacial score (nSPS) is 13.6. The maximum Gasteiger partial charge on any atom is 0.150 e. The fourth-order valence-corrected chi connectivity index (χ4v) is 3.78. The van der Waals surface area contributed by atoms with Crippen LogP contribution in [0.5, 0.6) is 0 Å². The Labute approximate surface area is 174 Å². The summed E-state index contributed by atoms with van der Waals surface area (Å²) < 4.78 is 15.1. The third-order valence-electron chi connectivity index (χ3n) is 5.34. The molecule has 1 aliphatic heterocycles. The van der Waals surface area contributed by atoms with E-state index in [1.807, 2.05) is 49.4 Å². The SMILES string of the molecule is Cc1cc(C2=NCc3c2cnc(CC(=O)C[C@H](CO)c2ccccc2)c3F)ccn1. The van der Waals surface area contributed by atoms with E-state index in [4.69, 9.17) is 0 Å². The number of hydrogen-bond donors (Lipinski definition) is 1. The Bertz CT molecular complexity index is 1110. The summed E-state index contributed by atoms with van der Waals surface area (Å²) in [6, 6.07) is 13.1. The molecular weight excluding hydrogens is 381 g/mol. The molecule has 0 bridgehead atoms. The largest absolute Gasteiger partial charge is 0.396 e. The van der Waals surface area contributed by atoms with Gasteiger partial charge in [0.25, 0.3) is 0 Å². The Morgan fingerprint density at radius 2 is 2.00 bits per heavy atom. The molecule has 0 amide bonds. The Kier molecular flexibility index (Phi) is 5.77. The van der Waals surface area contributed by atoms with E-state index in [-0.39, 0.29) is 43.4 Å². The van der Waals surface area contributed by atoms with Gasteiger partial charge in [0.2, 0.25) is 0 Å². The monoisotopic (exact) mass is 403 g/mol. The first kappa shape index (κ1) is 20.0. The molecule has 5 nitrogen and oxygen atoms in total. The first-order chi connectivity index (χ1) is 14.6. The number of nitrogens with zero attached hydrogens (tertiary/aromatic N) is 3. The van der Waals surface area contributed by atoms with Crippen molar-refractivity contribution in [3.05, 3.63) is 94.3 Å². The highest BCUT2D eigenvalue weighted by Crippen LogP contribution is 2.27. The van der Waals surface area contributed by atoms with Crippen molar-refractivity contribution in [2.75, 3.05) is 6.61 Å². The molecule has 30 heavy (non-hydrogen) atoms. The number of ketones is 1. The zero-order chi connectivity index (χ0) is 21.1. The van der Waals surface area contributed by atoms with Crippen LogP contribution >= 0.6 is 0 Å². The van der Waals surface area contributed by atoms with Crippen LogP contribution in [0.4, 0.5) is 4.39 Å². The predicted molar refractivity (Wildman–Crippen MR) is 112 cm³/mol. The summed E-state index contributed by atoms with van der Waals surface area (Å²) >= 11 is 0. The van der Waals surface area contributed by atoms with Crippen LogP contribution in [0.15, 0.2) is 59.9 Å². The average Bonchev–Trinajstić information content (AvgIpc) is 3.19. The van der Waals surface area contributed by atoms with E-state index in [1.54, 1.807) is 12.4 Å². The summed E-state index contributed by atoms with van der Waals surface area (Å²) in [6.07, 6.45) is 3.33. The van der Waals surface area contributed by atoms with Crippen molar-refractivity contribution in [1.29, 1.82) is 0 Å². The van der Waals surface area contributed by atoms with Crippen LogP contribution in [-0.4, -0.2) is 33.2 Å². The van der Waals surface area contributed by atoms with Crippen molar-refractivity contribution in [2.24, 2.45) is 4.99 Å². The van der Waals surface area contributed by atoms with Gasteiger partial charge in [-0.3, -0.25) is 19.8 Å². The molecule has 2 aromatic heterocycles. The number of Topliss-reactive ketones (excluding diaryl/α,β-unsaturated/α-hetero) is 1. The molecule has 0 aliphatic carbocycles. The third kappa shape index (κ3) is 4.04. The van der Waals surface area contributed by atoms with Crippen molar-refractivity contribution in [1.82, 2.24) is 9.97 Å². The Morgan fingerprint density at radius 1 is 1.20 bits per heavy atom. The molecule has 4 rings (SSSR count). The van der Waals surface area contributed by atoms with Gasteiger partial charge in [-0.15, -0.1) is 0 Å². The lowest BCUT2D eigenvalue weighted by Crippen LogP contribution is -2.15. The molecule has 1 aliphatic rings. The predicted octanol–water partition coefficient (Wildman–Crippen LogP) is 3.55. The van der Waals surface area contributed by atoms with E-state index < -0.39 is 5.82 Å². The molecule has 6 heteroatoms. The number of aromatic nitrogens is 2. The number of carbonyl (C=O) groups is 1. The fourth-order valence-electron chi connectivity index (χ4n) is 3.78. The van der Waals surface area contributed by atoms with Crippen molar-refractivity contribution in [3.8, 4) is 0 Å². The number of rotatable bonds is 7. The second-order valence-electron chi connectivity index (χ2n) is 7.47. The summed E-state index contributed by atoms with van der Waals surface area (Å²) in [5.74, 6) is -0.931. The number of aliphatic imine (C=N–C) groups is 1. The van der Waals surface area contributed by atoms with Gasteiger partial charge in [0.1, 0.15) is 5.78 Å². The molecule has 3 heterocycles. The molecule has 0 radical (unpaired) electrons. The number of pyridine rings is 2. The van der Waals surface area contributed by atoms with Gasteiger partial charge >= 0.3 is 0 Å². The lowest BCUT2D eigenvalue weighted by molar-refractivity contribution is -0.119. The van der Waals surface area contributed by atoms with E-state index >= 15 is 4.39 Å². The van der Waals surface area contributed by atoms with Crippen LogP contribution in [0.25, 0.3) is 0 Å². The second kappa shape index (κ2) is 8.63. The first-order valence-electron chi connectivity index (χ1n) is 9.88. The highest BCUT2D eigenvalue weighted by molar-refractivity contribution is 6.15. The van der Waals surface area contributed by atoms with E-state index in [2.05, 4.69) is 15.0 Å². The van der Waals surface area contributed by atoms with Gasteiger partial charge in [-0.05, 0) is 24.6 Å². The maximum atomic E-state index is 15.1. The molecule has 1 aromatic carbocycles. The minimum absolute atomic E-state index is 0.105. The molecule has 0 saturated heterocycles. The van der Waals surface area contributed by atoms with Gasteiger partial charge in [0.05, 0.1) is 31.0 Å². The van der Waals surface area contributed by atoms with Crippen LogP contribution in [0.2, 0.25) is 0 Å². The fraction of sp³-hybridized carbons (Fsp3) is 0.250. The Hall–Kier alpha value is -3.25. The minimum atomic E-state index is -0.467. The lowest BCUT2D eigenvalue weighted by Gasteiger charge is -2.14. The summed E-state index contributed by atoms with van der Waals surface area (Å²) in [7, 11) is 0. The number of hydrogen-bond acceptors (Lipinski definition) is 5. The molecule has 0 unspecified atom stereocenters. The van der Waals surface area contributed by atoms with E-state index in [1.165, 1.54) is 0 Å². The maximum absolute atomic E-state index is 15.1. The van der Waals surface area contributed by atoms with E-state index in [0.717, 1.165) is 16.8 Å². The number of aliphatic hydroxyl groups excluding tert-OH is 1. The number of aryl methyl sites for hydroxylation is 1. The summed E-state index contributed by atoms with van der Waals surface area (Å²) in [4.78, 5) is 25.5. The molecule has 1 N–H and O–H groups in total. The molecule has 0 spiro atoms. The molecule has 1 atom stereocenters. The van der Waals surface area contributed by atoms with Crippen molar-refractivity contribution < 1.29 is 14.3 Å². The number of benzene rings is 1. The molecule has 0 saturated carbocycles. The van der Waals surface area contributed by atoms with Crippen molar-refractivity contribution in [2.45, 2.75) is 32.2 Å². The summed E-state index contributed by atoms with van der Waals surface area (Å²) in [5.41, 5.74) is 4.58. The van der Waals surface area contributed by atoms with Crippen LogP contribution in [0, 0.1) is 12.7 Å². The van der Waals surface area contributed by atoms with Crippen LogP contribution in [0.3, 0.4) is 0 Å².